The Morgan fingerprint density at radius 1 is 1.00 bits per heavy atom. The van der Waals surface area contributed by atoms with Crippen LogP contribution < -0.4 is 9.64 Å². The summed E-state index contributed by atoms with van der Waals surface area (Å²) >= 11 is 0. The average Bonchev–Trinajstić information content (AvgIpc) is 3.73. The van der Waals surface area contributed by atoms with Gasteiger partial charge < -0.3 is 18.8 Å². The van der Waals surface area contributed by atoms with Gasteiger partial charge in [-0.2, -0.15) is 5.10 Å². The Bertz CT molecular complexity index is 1600. The van der Waals surface area contributed by atoms with Crippen molar-refractivity contribution in [2.45, 2.75) is 19.8 Å². The molecule has 5 aromatic rings. The number of carbonyl (C=O) groups is 1. The average molecular weight is 511 g/mol. The number of nitrogens with zero attached hydrogens (tertiary/aromatic N) is 6. The number of benzene rings is 2. The fraction of sp³-hybridized carbons (Fsp3) is 0.250. The van der Waals surface area contributed by atoms with Crippen molar-refractivity contribution in [2.75, 3.05) is 31.7 Å². The van der Waals surface area contributed by atoms with Gasteiger partial charge in [0.2, 0.25) is 5.89 Å². The van der Waals surface area contributed by atoms with E-state index in [-0.39, 0.29) is 6.61 Å². The molecule has 1 fully saturated rings. The van der Waals surface area contributed by atoms with E-state index in [1.807, 2.05) is 54.6 Å². The van der Waals surface area contributed by atoms with Crippen LogP contribution in [0.5, 0.6) is 5.75 Å². The first-order valence-corrected chi connectivity index (χ1v) is 12.6. The van der Waals surface area contributed by atoms with Crippen LogP contribution >= 0.6 is 0 Å². The van der Waals surface area contributed by atoms with E-state index in [0.29, 0.717) is 45.8 Å². The standard InChI is InChI=1S/C28H26N6O4/c1-3-37-28(35)22-23(19-12-9-13-20(16-19)36-2)34-24(30-25(22)33-14-7-8-15-33)21(17-29-34)27-32-31-26(38-27)18-10-5-4-6-11-18/h4-6,9-13,16-17H,3,7-8,14-15H2,1-2H3. The Labute approximate surface area is 218 Å². The molecule has 1 aliphatic heterocycles. The highest BCUT2D eigenvalue weighted by Gasteiger charge is 2.31. The third-order valence-electron chi connectivity index (χ3n) is 6.53. The van der Waals surface area contributed by atoms with Gasteiger partial charge in [-0.05, 0) is 44.0 Å². The lowest BCUT2D eigenvalue weighted by atomic mass is 10.0. The fourth-order valence-electron chi connectivity index (χ4n) is 4.75. The Morgan fingerprint density at radius 2 is 1.76 bits per heavy atom. The lowest BCUT2D eigenvalue weighted by Crippen LogP contribution is -2.25. The Balaban J connectivity index is 1.61. The smallest absolute Gasteiger partial charge is 0.344 e. The zero-order valence-corrected chi connectivity index (χ0v) is 21.1. The van der Waals surface area contributed by atoms with Gasteiger partial charge in [0.25, 0.3) is 5.89 Å². The number of aromatic nitrogens is 5. The molecule has 2 aromatic carbocycles. The molecule has 4 heterocycles. The van der Waals surface area contributed by atoms with E-state index in [1.54, 1.807) is 24.7 Å². The number of hydrogen-bond donors (Lipinski definition) is 0. The van der Waals surface area contributed by atoms with Gasteiger partial charge in [0.05, 0.1) is 25.6 Å². The molecule has 1 saturated heterocycles. The number of fused-ring (bicyclic) bond motifs is 1. The Hall–Kier alpha value is -4.73. The summed E-state index contributed by atoms with van der Waals surface area (Å²) in [5.74, 6) is 1.44. The van der Waals surface area contributed by atoms with Crippen molar-refractivity contribution in [1.29, 1.82) is 0 Å². The maximum absolute atomic E-state index is 13.4. The van der Waals surface area contributed by atoms with Gasteiger partial charge in [0.1, 0.15) is 22.7 Å². The summed E-state index contributed by atoms with van der Waals surface area (Å²) < 4.78 is 18.7. The van der Waals surface area contributed by atoms with Crippen LogP contribution in [-0.4, -0.2) is 57.6 Å². The molecule has 10 nitrogen and oxygen atoms in total. The monoisotopic (exact) mass is 510 g/mol. The topological polar surface area (TPSA) is 108 Å². The maximum atomic E-state index is 13.4. The summed E-state index contributed by atoms with van der Waals surface area (Å²) in [5.41, 5.74) is 3.55. The van der Waals surface area contributed by atoms with Gasteiger partial charge in [-0.25, -0.2) is 14.3 Å². The molecule has 10 heteroatoms. The van der Waals surface area contributed by atoms with E-state index < -0.39 is 5.97 Å². The quantitative estimate of drug-likeness (QED) is 0.283. The van der Waals surface area contributed by atoms with E-state index in [1.165, 1.54) is 0 Å². The van der Waals surface area contributed by atoms with Gasteiger partial charge in [0.15, 0.2) is 5.65 Å². The van der Waals surface area contributed by atoms with Crippen molar-refractivity contribution >= 4 is 17.4 Å². The van der Waals surface area contributed by atoms with Crippen molar-refractivity contribution in [3.05, 3.63) is 66.4 Å². The van der Waals surface area contributed by atoms with E-state index in [2.05, 4.69) is 20.2 Å². The molecule has 0 amide bonds. The predicted octanol–water partition coefficient (Wildman–Crippen LogP) is 4.90. The van der Waals surface area contributed by atoms with E-state index in [0.717, 1.165) is 37.1 Å². The lowest BCUT2D eigenvalue weighted by Gasteiger charge is -2.22. The van der Waals surface area contributed by atoms with Crippen LogP contribution in [0.2, 0.25) is 0 Å². The maximum Gasteiger partial charge on any atom is 0.344 e. The summed E-state index contributed by atoms with van der Waals surface area (Å²) in [7, 11) is 1.61. The molecule has 0 spiro atoms. The summed E-state index contributed by atoms with van der Waals surface area (Å²) in [6, 6.07) is 17.1. The number of carbonyl (C=O) groups excluding carboxylic acids is 1. The molecular formula is C28H26N6O4. The zero-order chi connectivity index (χ0) is 26.1. The number of ether oxygens (including phenoxy) is 2. The second kappa shape index (κ2) is 9.97. The minimum Gasteiger partial charge on any atom is -0.497 e. The van der Waals surface area contributed by atoms with Crippen LogP contribution in [0.25, 0.3) is 39.8 Å². The molecule has 1 aliphatic rings. The first-order chi connectivity index (χ1) is 18.7. The largest absolute Gasteiger partial charge is 0.497 e. The van der Waals surface area contributed by atoms with E-state index in [4.69, 9.17) is 18.9 Å². The normalized spacial score (nSPS) is 13.3. The van der Waals surface area contributed by atoms with Crippen LogP contribution in [0.15, 0.2) is 65.2 Å². The second-order valence-electron chi connectivity index (χ2n) is 8.88. The summed E-state index contributed by atoms with van der Waals surface area (Å²) in [6.45, 7) is 3.60. The fourth-order valence-corrected chi connectivity index (χ4v) is 4.75. The van der Waals surface area contributed by atoms with Crippen LogP contribution in [0.4, 0.5) is 5.82 Å². The number of rotatable bonds is 7. The second-order valence-corrected chi connectivity index (χ2v) is 8.88. The van der Waals surface area contributed by atoms with Crippen molar-refractivity contribution in [2.24, 2.45) is 0 Å². The molecule has 0 unspecified atom stereocenters. The minimum atomic E-state index is -0.456. The highest BCUT2D eigenvalue weighted by Crippen LogP contribution is 2.37. The third-order valence-corrected chi connectivity index (χ3v) is 6.53. The first-order valence-electron chi connectivity index (χ1n) is 12.6. The Kier molecular flexibility index (Phi) is 6.20. The van der Waals surface area contributed by atoms with Gasteiger partial charge in [-0.15, -0.1) is 10.2 Å². The molecule has 0 bridgehead atoms. The molecule has 0 N–H and O–H groups in total. The molecule has 0 atom stereocenters. The summed E-state index contributed by atoms with van der Waals surface area (Å²) in [5, 5.41) is 13.2. The van der Waals surface area contributed by atoms with Gasteiger partial charge in [-0.1, -0.05) is 30.3 Å². The van der Waals surface area contributed by atoms with Crippen molar-refractivity contribution in [3.8, 4) is 39.9 Å². The zero-order valence-electron chi connectivity index (χ0n) is 21.1. The van der Waals surface area contributed by atoms with Gasteiger partial charge in [0, 0.05) is 24.2 Å². The van der Waals surface area contributed by atoms with Gasteiger partial charge >= 0.3 is 5.97 Å². The summed E-state index contributed by atoms with van der Waals surface area (Å²) in [4.78, 5) is 20.5. The predicted molar refractivity (Wildman–Crippen MR) is 141 cm³/mol. The molecule has 192 valence electrons. The highest BCUT2D eigenvalue weighted by atomic mass is 16.5. The summed E-state index contributed by atoms with van der Waals surface area (Å²) in [6.07, 6.45) is 3.66. The highest BCUT2D eigenvalue weighted by molar-refractivity contribution is 6.02. The number of methoxy groups -OCH3 is 1. The van der Waals surface area contributed by atoms with E-state index >= 15 is 0 Å². The molecular weight excluding hydrogens is 484 g/mol. The number of hydrogen-bond acceptors (Lipinski definition) is 9. The van der Waals surface area contributed by atoms with Crippen LogP contribution in [0.1, 0.15) is 30.1 Å². The molecule has 0 saturated carbocycles. The molecule has 38 heavy (non-hydrogen) atoms. The van der Waals surface area contributed by atoms with Crippen molar-refractivity contribution in [3.63, 3.8) is 0 Å². The molecule has 6 rings (SSSR count). The number of esters is 1. The van der Waals surface area contributed by atoms with Crippen LogP contribution in [-0.2, 0) is 4.74 Å². The van der Waals surface area contributed by atoms with Crippen molar-refractivity contribution < 1.29 is 18.7 Å². The number of anilines is 1. The van der Waals surface area contributed by atoms with Crippen LogP contribution in [0, 0.1) is 0 Å². The molecule has 3 aromatic heterocycles. The SMILES string of the molecule is CCOC(=O)c1c(N2CCCC2)nc2c(-c3nnc(-c4ccccc4)o3)cnn2c1-c1cccc(OC)c1. The molecule has 0 radical (unpaired) electrons. The van der Waals surface area contributed by atoms with Crippen LogP contribution in [0.3, 0.4) is 0 Å². The lowest BCUT2D eigenvalue weighted by molar-refractivity contribution is 0.0527. The van der Waals surface area contributed by atoms with Crippen molar-refractivity contribution in [1.82, 2.24) is 24.8 Å². The minimum absolute atomic E-state index is 0.239. The van der Waals surface area contributed by atoms with Gasteiger partial charge in [-0.3, -0.25) is 0 Å². The third kappa shape index (κ3) is 4.13. The van der Waals surface area contributed by atoms with E-state index in [9.17, 15) is 4.79 Å². The molecule has 0 aliphatic carbocycles. The Morgan fingerprint density at radius 3 is 2.53 bits per heavy atom. The first kappa shape index (κ1) is 23.7.